The van der Waals surface area contributed by atoms with Crippen molar-refractivity contribution in [3.05, 3.63) is 53.6 Å². The maximum absolute atomic E-state index is 13.2. The quantitative estimate of drug-likeness (QED) is 0.527. The highest BCUT2D eigenvalue weighted by Gasteiger charge is 2.58. The van der Waals surface area contributed by atoms with Crippen LogP contribution in [0.5, 0.6) is 0 Å². The number of aromatic nitrogens is 3. The van der Waals surface area contributed by atoms with E-state index in [-0.39, 0.29) is 29.0 Å². The van der Waals surface area contributed by atoms with Gasteiger partial charge in [0.05, 0.1) is 6.20 Å². The van der Waals surface area contributed by atoms with E-state index in [1.165, 1.54) is 18.2 Å². The fraction of sp³-hybridized carbons (Fsp3) is 0.522. The highest BCUT2D eigenvalue weighted by Crippen LogP contribution is 2.63. The Morgan fingerprint density at radius 2 is 1.76 bits per heavy atom. The summed E-state index contributed by atoms with van der Waals surface area (Å²) in [6.07, 6.45) is 2.24. The number of carbonyl (C=O) groups excluding carboxylic acids is 2. The molecule has 1 N–H and O–H groups in total. The zero-order chi connectivity index (χ0) is 23.4. The SMILES string of the molecule is O=C(CC12CC3CC(C1)CC(NC(=O)c1ccnc(C(F)(F)F)n1)(C3)C2)c1ccc(F)cn1. The van der Waals surface area contributed by atoms with Crippen LogP contribution in [0.1, 0.15) is 71.7 Å². The van der Waals surface area contributed by atoms with E-state index in [9.17, 15) is 27.2 Å². The minimum atomic E-state index is -4.74. The van der Waals surface area contributed by atoms with E-state index in [0.29, 0.717) is 18.3 Å². The molecular weight excluding hydrogens is 440 g/mol. The van der Waals surface area contributed by atoms with Gasteiger partial charge in [0, 0.05) is 18.2 Å². The van der Waals surface area contributed by atoms with Crippen LogP contribution in [0.3, 0.4) is 0 Å². The van der Waals surface area contributed by atoms with E-state index < -0.39 is 29.3 Å². The summed E-state index contributed by atoms with van der Waals surface area (Å²) in [6, 6.07) is 3.76. The molecule has 2 unspecified atom stereocenters. The molecule has 33 heavy (non-hydrogen) atoms. The molecule has 0 spiro atoms. The Bertz CT molecular complexity index is 1090. The minimum Gasteiger partial charge on any atom is -0.345 e. The predicted molar refractivity (Wildman–Crippen MR) is 107 cm³/mol. The number of alkyl halides is 3. The summed E-state index contributed by atoms with van der Waals surface area (Å²) in [5.74, 6) is -2.03. The van der Waals surface area contributed by atoms with Gasteiger partial charge in [-0.2, -0.15) is 13.2 Å². The number of Topliss-reactive ketones (excluding diaryl/α,β-unsaturated/α-hetero) is 1. The monoisotopic (exact) mass is 462 g/mol. The van der Waals surface area contributed by atoms with Crippen molar-refractivity contribution in [2.45, 2.75) is 56.7 Å². The van der Waals surface area contributed by atoms with E-state index >= 15 is 0 Å². The van der Waals surface area contributed by atoms with Crippen LogP contribution in [0.4, 0.5) is 17.6 Å². The summed E-state index contributed by atoms with van der Waals surface area (Å²) >= 11 is 0. The lowest BCUT2D eigenvalue weighted by atomic mass is 9.46. The summed E-state index contributed by atoms with van der Waals surface area (Å²) in [7, 11) is 0. The third kappa shape index (κ3) is 4.22. The third-order valence-electron chi connectivity index (χ3n) is 7.25. The Morgan fingerprint density at radius 3 is 2.39 bits per heavy atom. The van der Waals surface area contributed by atoms with Crippen LogP contribution < -0.4 is 5.32 Å². The molecule has 2 heterocycles. The van der Waals surface area contributed by atoms with Gasteiger partial charge in [0.15, 0.2) is 5.78 Å². The molecule has 10 heteroatoms. The van der Waals surface area contributed by atoms with Crippen molar-refractivity contribution in [1.82, 2.24) is 20.3 Å². The number of carbonyl (C=O) groups is 2. The number of nitrogens with zero attached hydrogens (tertiary/aromatic N) is 3. The molecule has 174 valence electrons. The molecule has 4 fully saturated rings. The molecule has 0 radical (unpaired) electrons. The van der Waals surface area contributed by atoms with Crippen molar-refractivity contribution >= 4 is 11.7 Å². The maximum atomic E-state index is 13.2. The Hall–Kier alpha value is -2.91. The molecule has 4 bridgehead atoms. The molecule has 1 amide bonds. The van der Waals surface area contributed by atoms with Gasteiger partial charge < -0.3 is 5.32 Å². The first kappa shape index (κ1) is 21.9. The second kappa shape index (κ2) is 7.56. The van der Waals surface area contributed by atoms with Crippen LogP contribution in [0.25, 0.3) is 0 Å². The number of rotatable bonds is 5. The molecule has 0 aliphatic heterocycles. The number of hydrogen-bond donors (Lipinski definition) is 1. The Labute approximate surface area is 187 Å². The van der Waals surface area contributed by atoms with Crippen LogP contribution in [0.15, 0.2) is 30.6 Å². The number of pyridine rings is 1. The largest absolute Gasteiger partial charge is 0.451 e. The van der Waals surface area contributed by atoms with Gasteiger partial charge in [0.25, 0.3) is 5.91 Å². The number of halogens is 4. The number of ketones is 1. The normalized spacial score (nSPS) is 30.3. The van der Waals surface area contributed by atoms with E-state index in [4.69, 9.17) is 0 Å². The highest BCUT2D eigenvalue weighted by molar-refractivity contribution is 5.95. The molecule has 0 aromatic carbocycles. The molecule has 2 aromatic heterocycles. The van der Waals surface area contributed by atoms with Crippen LogP contribution in [-0.2, 0) is 6.18 Å². The number of hydrogen-bond acceptors (Lipinski definition) is 5. The Morgan fingerprint density at radius 1 is 1.03 bits per heavy atom. The van der Waals surface area contributed by atoms with E-state index in [2.05, 4.69) is 20.3 Å². The van der Waals surface area contributed by atoms with Crippen molar-refractivity contribution in [2.75, 3.05) is 0 Å². The third-order valence-corrected chi connectivity index (χ3v) is 7.25. The van der Waals surface area contributed by atoms with Gasteiger partial charge >= 0.3 is 6.18 Å². The first-order valence-electron chi connectivity index (χ1n) is 10.9. The molecule has 2 aromatic rings. The fourth-order valence-electron chi connectivity index (χ4n) is 6.70. The van der Waals surface area contributed by atoms with Gasteiger partial charge in [-0.1, -0.05) is 0 Å². The van der Waals surface area contributed by atoms with Gasteiger partial charge in [-0.3, -0.25) is 14.6 Å². The Balaban J connectivity index is 1.36. The summed E-state index contributed by atoms with van der Waals surface area (Å²) in [5, 5.41) is 2.99. The fourth-order valence-corrected chi connectivity index (χ4v) is 6.70. The number of amides is 1. The standard InChI is InChI=1S/C23H22F4N4O2/c24-15-1-2-16(29-11-15)18(32)10-21-6-13-5-14(7-21)9-22(8-13,12-21)31-19(33)17-3-4-28-20(30-17)23(25,26)27/h1-4,11,13-14H,5-10,12H2,(H,31,33). The molecule has 6 nitrogen and oxygen atoms in total. The molecule has 4 aliphatic carbocycles. The second-order valence-electron chi connectivity index (χ2n) is 9.92. The molecule has 0 saturated heterocycles. The van der Waals surface area contributed by atoms with Crippen molar-refractivity contribution in [2.24, 2.45) is 17.3 Å². The second-order valence-corrected chi connectivity index (χ2v) is 9.92. The molecule has 4 aliphatic rings. The first-order chi connectivity index (χ1) is 15.5. The van der Waals surface area contributed by atoms with Gasteiger partial charge in [-0.15, -0.1) is 0 Å². The first-order valence-corrected chi connectivity index (χ1v) is 10.9. The topological polar surface area (TPSA) is 84.8 Å². The summed E-state index contributed by atoms with van der Waals surface area (Å²) in [6.45, 7) is 0. The van der Waals surface area contributed by atoms with Crippen molar-refractivity contribution < 1.29 is 27.2 Å². The summed E-state index contributed by atoms with van der Waals surface area (Å²) in [4.78, 5) is 36.4. The van der Waals surface area contributed by atoms with Crippen molar-refractivity contribution in [1.29, 1.82) is 0 Å². The Kier molecular flexibility index (Phi) is 5.02. The molecular formula is C23H22F4N4O2. The average molecular weight is 462 g/mol. The lowest BCUT2D eigenvalue weighted by Crippen LogP contribution is -2.63. The van der Waals surface area contributed by atoms with E-state index in [0.717, 1.165) is 44.5 Å². The summed E-state index contributed by atoms with van der Waals surface area (Å²) < 4.78 is 52.1. The van der Waals surface area contributed by atoms with E-state index in [1.54, 1.807) is 0 Å². The van der Waals surface area contributed by atoms with Gasteiger partial charge in [0.1, 0.15) is 17.2 Å². The lowest BCUT2D eigenvalue weighted by Gasteiger charge is -2.62. The maximum Gasteiger partial charge on any atom is 0.451 e. The highest BCUT2D eigenvalue weighted by atomic mass is 19.4. The lowest BCUT2D eigenvalue weighted by molar-refractivity contribution is -0.145. The molecule has 4 saturated carbocycles. The van der Waals surface area contributed by atoms with Gasteiger partial charge in [-0.25, -0.2) is 14.4 Å². The van der Waals surface area contributed by atoms with E-state index in [1.807, 2.05) is 0 Å². The van der Waals surface area contributed by atoms with Crippen LogP contribution >= 0.6 is 0 Å². The van der Waals surface area contributed by atoms with Gasteiger partial charge in [-0.05, 0) is 74.0 Å². The summed E-state index contributed by atoms with van der Waals surface area (Å²) in [5.41, 5.74) is -1.01. The van der Waals surface area contributed by atoms with Gasteiger partial charge in [0.2, 0.25) is 5.82 Å². The molecule has 2 atom stereocenters. The van der Waals surface area contributed by atoms with Crippen LogP contribution in [0.2, 0.25) is 0 Å². The van der Waals surface area contributed by atoms with Crippen LogP contribution in [-0.4, -0.2) is 32.2 Å². The van der Waals surface area contributed by atoms with Crippen molar-refractivity contribution in [3.8, 4) is 0 Å². The molecule has 6 rings (SSSR count). The number of nitrogens with one attached hydrogen (secondary N) is 1. The zero-order valence-corrected chi connectivity index (χ0v) is 17.7. The van der Waals surface area contributed by atoms with Crippen LogP contribution in [0, 0.1) is 23.1 Å². The minimum absolute atomic E-state index is 0.163. The average Bonchev–Trinajstić information content (AvgIpc) is 2.72. The predicted octanol–water partition coefficient (Wildman–Crippen LogP) is 4.37. The zero-order valence-electron chi connectivity index (χ0n) is 17.7. The smallest absolute Gasteiger partial charge is 0.345 e. The van der Waals surface area contributed by atoms with Crippen molar-refractivity contribution in [3.63, 3.8) is 0 Å².